The van der Waals surface area contributed by atoms with Crippen LogP contribution in [0.15, 0.2) is 72.8 Å². The third-order valence-electron chi connectivity index (χ3n) is 5.70. The molecule has 176 valence electrons. The van der Waals surface area contributed by atoms with Gasteiger partial charge in [-0.15, -0.1) is 0 Å². The molecular weight excluding hydrogens is 434 g/mol. The minimum Gasteiger partial charge on any atom is -0.508 e. The van der Waals surface area contributed by atoms with Gasteiger partial charge in [0.15, 0.2) is 0 Å². The molecule has 0 aliphatic carbocycles. The zero-order chi connectivity index (χ0) is 24.1. The van der Waals surface area contributed by atoms with E-state index in [0.717, 1.165) is 6.42 Å². The number of benzene rings is 2. The van der Waals surface area contributed by atoms with Crippen LogP contribution in [-0.4, -0.2) is 49.5 Å². The van der Waals surface area contributed by atoms with E-state index in [4.69, 9.17) is 4.74 Å². The van der Waals surface area contributed by atoms with Crippen LogP contribution in [0.25, 0.3) is 5.76 Å². The Morgan fingerprint density at radius 2 is 1.91 bits per heavy atom. The molecule has 1 amide bonds. The van der Waals surface area contributed by atoms with E-state index >= 15 is 0 Å². The number of aromatic nitrogens is 2. The zero-order valence-corrected chi connectivity index (χ0v) is 18.9. The summed E-state index contributed by atoms with van der Waals surface area (Å²) >= 11 is 0. The predicted molar refractivity (Wildman–Crippen MR) is 126 cm³/mol. The SMILES string of the molecule is CCCOc1cccc(C(O)=C2C(=O)C(=O)N(CCCn3ccnc3)C2c2ccc(O)cc2)c1. The smallest absolute Gasteiger partial charge is 0.295 e. The molecule has 8 heteroatoms. The zero-order valence-electron chi connectivity index (χ0n) is 18.9. The summed E-state index contributed by atoms with van der Waals surface area (Å²) in [6.07, 6.45) is 6.64. The molecule has 2 heterocycles. The van der Waals surface area contributed by atoms with E-state index in [-0.39, 0.29) is 17.1 Å². The number of Topliss-reactive ketones (excluding diaryl/α,β-unsaturated/α-hetero) is 1. The number of hydrogen-bond donors (Lipinski definition) is 2. The van der Waals surface area contributed by atoms with Crippen molar-refractivity contribution in [1.82, 2.24) is 14.5 Å². The Bertz CT molecular complexity index is 1190. The van der Waals surface area contributed by atoms with Gasteiger partial charge in [0.2, 0.25) is 0 Å². The molecule has 34 heavy (non-hydrogen) atoms. The highest BCUT2D eigenvalue weighted by molar-refractivity contribution is 6.46. The number of aliphatic hydroxyl groups is 1. The van der Waals surface area contributed by atoms with Gasteiger partial charge in [0.05, 0.1) is 24.5 Å². The van der Waals surface area contributed by atoms with Gasteiger partial charge >= 0.3 is 0 Å². The second kappa shape index (κ2) is 10.2. The van der Waals surface area contributed by atoms with E-state index in [9.17, 15) is 19.8 Å². The molecule has 2 N–H and O–H groups in total. The van der Waals surface area contributed by atoms with Crippen LogP contribution in [0.4, 0.5) is 0 Å². The normalized spacial score (nSPS) is 17.3. The number of imidazole rings is 1. The molecule has 8 nitrogen and oxygen atoms in total. The summed E-state index contributed by atoms with van der Waals surface area (Å²) in [4.78, 5) is 31.7. The lowest BCUT2D eigenvalue weighted by Crippen LogP contribution is -2.31. The first-order valence-corrected chi connectivity index (χ1v) is 11.3. The van der Waals surface area contributed by atoms with Gasteiger partial charge in [0, 0.05) is 31.0 Å². The van der Waals surface area contributed by atoms with Gasteiger partial charge in [-0.1, -0.05) is 31.2 Å². The number of carbonyl (C=O) groups is 2. The first-order valence-electron chi connectivity index (χ1n) is 11.3. The number of aryl methyl sites for hydroxylation is 1. The average molecular weight is 462 g/mol. The number of likely N-dealkylation sites (tertiary alicyclic amines) is 1. The number of amides is 1. The van der Waals surface area contributed by atoms with E-state index < -0.39 is 17.7 Å². The third kappa shape index (κ3) is 4.80. The van der Waals surface area contributed by atoms with Crippen LogP contribution in [0, 0.1) is 0 Å². The van der Waals surface area contributed by atoms with Crippen molar-refractivity contribution in [3.63, 3.8) is 0 Å². The van der Waals surface area contributed by atoms with Gasteiger partial charge in [-0.25, -0.2) is 4.98 Å². The monoisotopic (exact) mass is 461 g/mol. The highest BCUT2D eigenvalue weighted by atomic mass is 16.5. The maximum Gasteiger partial charge on any atom is 0.295 e. The van der Waals surface area contributed by atoms with Crippen molar-refractivity contribution in [2.75, 3.05) is 13.2 Å². The highest BCUT2D eigenvalue weighted by Gasteiger charge is 2.45. The van der Waals surface area contributed by atoms with Gasteiger partial charge in [-0.3, -0.25) is 9.59 Å². The standard InChI is InChI=1S/C26H27N3O5/c1-2-15-34-21-6-3-5-19(16-21)24(31)22-23(18-7-9-20(30)10-8-18)29(26(33)25(22)32)13-4-12-28-14-11-27-17-28/h3,5-11,14,16-17,23,30-31H,2,4,12-13,15H2,1H3. The number of phenols is 1. The number of aliphatic hydroxyl groups excluding tert-OH is 1. The number of phenolic OH excluding ortho intramolecular Hbond substituents is 1. The van der Waals surface area contributed by atoms with Crippen LogP contribution in [0.2, 0.25) is 0 Å². The fraction of sp³-hybridized carbons (Fsp3) is 0.269. The Morgan fingerprint density at radius 1 is 1.12 bits per heavy atom. The molecular formula is C26H27N3O5. The lowest BCUT2D eigenvalue weighted by atomic mass is 9.95. The molecule has 1 atom stereocenters. The maximum absolute atomic E-state index is 13.1. The van der Waals surface area contributed by atoms with Gasteiger partial charge in [-0.05, 0) is 42.7 Å². The first-order chi connectivity index (χ1) is 16.5. The Labute approximate surface area is 197 Å². The van der Waals surface area contributed by atoms with Crippen molar-refractivity contribution in [3.05, 3.63) is 84.0 Å². The molecule has 1 saturated heterocycles. The van der Waals surface area contributed by atoms with Crippen molar-refractivity contribution in [3.8, 4) is 11.5 Å². The fourth-order valence-corrected chi connectivity index (χ4v) is 4.07. The molecule has 4 rings (SSSR count). The molecule has 0 bridgehead atoms. The molecule has 1 aliphatic heterocycles. The number of ether oxygens (including phenoxy) is 1. The van der Waals surface area contributed by atoms with Crippen LogP contribution in [0.1, 0.15) is 36.9 Å². The molecule has 1 fully saturated rings. The maximum atomic E-state index is 13.1. The fourth-order valence-electron chi connectivity index (χ4n) is 4.07. The Kier molecular flexibility index (Phi) is 6.96. The molecule has 0 radical (unpaired) electrons. The number of rotatable bonds is 9. The van der Waals surface area contributed by atoms with Crippen LogP contribution < -0.4 is 4.74 Å². The molecule has 1 unspecified atom stereocenters. The molecule has 3 aromatic rings. The number of hydrogen-bond acceptors (Lipinski definition) is 6. The minimum absolute atomic E-state index is 0.0194. The Balaban J connectivity index is 1.71. The predicted octanol–water partition coefficient (Wildman–Crippen LogP) is 3.89. The number of carbonyl (C=O) groups excluding carboxylic acids is 2. The van der Waals surface area contributed by atoms with E-state index in [1.54, 1.807) is 48.9 Å². The van der Waals surface area contributed by atoms with E-state index in [1.807, 2.05) is 17.7 Å². The molecule has 0 saturated carbocycles. The van der Waals surface area contributed by atoms with Gasteiger partial charge in [0.25, 0.3) is 11.7 Å². The molecule has 1 aromatic heterocycles. The minimum atomic E-state index is -0.774. The highest BCUT2D eigenvalue weighted by Crippen LogP contribution is 2.40. The molecule has 1 aliphatic rings. The summed E-state index contributed by atoms with van der Waals surface area (Å²) in [6, 6.07) is 12.4. The lowest BCUT2D eigenvalue weighted by Gasteiger charge is -2.25. The van der Waals surface area contributed by atoms with E-state index in [0.29, 0.717) is 43.0 Å². The largest absolute Gasteiger partial charge is 0.508 e. The van der Waals surface area contributed by atoms with Crippen LogP contribution >= 0.6 is 0 Å². The average Bonchev–Trinajstić information content (AvgIpc) is 3.45. The van der Waals surface area contributed by atoms with Crippen LogP contribution in [0.3, 0.4) is 0 Å². The van der Waals surface area contributed by atoms with Crippen molar-refractivity contribution in [2.24, 2.45) is 0 Å². The summed E-state index contributed by atoms with van der Waals surface area (Å²) < 4.78 is 7.56. The summed E-state index contributed by atoms with van der Waals surface area (Å²) in [6.45, 7) is 3.46. The summed E-state index contributed by atoms with van der Waals surface area (Å²) in [7, 11) is 0. The van der Waals surface area contributed by atoms with Crippen LogP contribution in [0.5, 0.6) is 11.5 Å². The van der Waals surface area contributed by atoms with E-state index in [2.05, 4.69) is 4.98 Å². The topological polar surface area (TPSA) is 105 Å². The number of ketones is 1. The van der Waals surface area contributed by atoms with Crippen molar-refractivity contribution in [2.45, 2.75) is 32.4 Å². The Hall–Kier alpha value is -4.07. The summed E-state index contributed by atoms with van der Waals surface area (Å²) in [5, 5.41) is 20.9. The van der Waals surface area contributed by atoms with Crippen LogP contribution in [-0.2, 0) is 16.1 Å². The molecule has 0 spiro atoms. The summed E-state index contributed by atoms with van der Waals surface area (Å²) in [5.41, 5.74) is 1.04. The van der Waals surface area contributed by atoms with Crippen molar-refractivity contribution in [1.29, 1.82) is 0 Å². The lowest BCUT2D eigenvalue weighted by molar-refractivity contribution is -0.139. The first kappa shape index (κ1) is 23.1. The second-order valence-corrected chi connectivity index (χ2v) is 8.11. The number of nitrogens with zero attached hydrogens (tertiary/aromatic N) is 3. The number of aromatic hydroxyl groups is 1. The van der Waals surface area contributed by atoms with Gasteiger partial charge in [-0.2, -0.15) is 0 Å². The second-order valence-electron chi connectivity index (χ2n) is 8.11. The summed E-state index contributed by atoms with van der Waals surface area (Å²) in [5.74, 6) is -1.01. The van der Waals surface area contributed by atoms with Gasteiger partial charge < -0.3 is 24.4 Å². The quantitative estimate of drug-likeness (QED) is 0.285. The van der Waals surface area contributed by atoms with Crippen molar-refractivity contribution < 1.29 is 24.5 Å². The van der Waals surface area contributed by atoms with Gasteiger partial charge in [0.1, 0.15) is 17.3 Å². The Morgan fingerprint density at radius 3 is 2.62 bits per heavy atom. The van der Waals surface area contributed by atoms with E-state index in [1.165, 1.54) is 17.0 Å². The van der Waals surface area contributed by atoms with Crippen molar-refractivity contribution >= 4 is 17.4 Å². The molecule has 2 aromatic carbocycles. The third-order valence-corrected chi connectivity index (χ3v) is 5.70.